The number of hydrogen-bond acceptors (Lipinski definition) is 5. The third-order valence-corrected chi connectivity index (χ3v) is 5.38. The minimum atomic E-state index is 0.154. The van der Waals surface area contributed by atoms with Crippen molar-refractivity contribution in [3.8, 4) is 0 Å². The molecule has 2 rings (SSSR count). The number of nitrogens with zero attached hydrogens (tertiary/aromatic N) is 2. The van der Waals surface area contributed by atoms with Gasteiger partial charge in [0.05, 0.1) is 5.69 Å². The molecular formula is C15H27N3S2. The van der Waals surface area contributed by atoms with Crippen LogP contribution in [0.5, 0.6) is 0 Å². The quantitative estimate of drug-likeness (QED) is 0.922. The van der Waals surface area contributed by atoms with E-state index < -0.39 is 0 Å². The highest BCUT2D eigenvalue weighted by Crippen LogP contribution is 2.26. The third kappa shape index (κ3) is 5.35. The molecule has 2 heterocycles. The van der Waals surface area contributed by atoms with Crippen LogP contribution in [0, 0.1) is 0 Å². The first-order valence-corrected chi connectivity index (χ1v) is 9.20. The molecule has 5 heteroatoms. The van der Waals surface area contributed by atoms with Gasteiger partial charge >= 0.3 is 0 Å². The zero-order chi connectivity index (χ0) is 14.8. The fourth-order valence-electron chi connectivity index (χ4n) is 2.49. The van der Waals surface area contributed by atoms with Crippen LogP contribution in [-0.2, 0) is 13.1 Å². The highest BCUT2D eigenvalue weighted by molar-refractivity contribution is 8.00. The largest absolute Gasteiger partial charge is 0.306 e. The molecule has 2 atom stereocenters. The summed E-state index contributed by atoms with van der Waals surface area (Å²) in [7, 11) is 0. The van der Waals surface area contributed by atoms with Crippen LogP contribution in [0.3, 0.4) is 0 Å². The first kappa shape index (κ1) is 16.3. The van der Waals surface area contributed by atoms with Crippen LogP contribution in [0.2, 0.25) is 0 Å². The molecule has 20 heavy (non-hydrogen) atoms. The van der Waals surface area contributed by atoms with E-state index in [1.165, 1.54) is 23.8 Å². The predicted octanol–water partition coefficient (Wildman–Crippen LogP) is 3.36. The molecule has 0 saturated carbocycles. The van der Waals surface area contributed by atoms with Gasteiger partial charge < -0.3 is 5.32 Å². The SMILES string of the molecule is CC1CN(Cc2csc(CNC(C)(C)C)n2)CC(C)S1. The van der Waals surface area contributed by atoms with Crippen molar-refractivity contribution in [3.05, 3.63) is 16.1 Å². The molecule has 0 aliphatic carbocycles. The van der Waals surface area contributed by atoms with Crippen LogP contribution in [0.15, 0.2) is 5.38 Å². The second-order valence-corrected chi connectivity index (χ2v) is 9.61. The maximum Gasteiger partial charge on any atom is 0.107 e. The van der Waals surface area contributed by atoms with Crippen LogP contribution in [0.1, 0.15) is 45.3 Å². The molecule has 0 bridgehead atoms. The van der Waals surface area contributed by atoms with Crippen molar-refractivity contribution < 1.29 is 0 Å². The lowest BCUT2D eigenvalue weighted by atomic mass is 10.1. The summed E-state index contributed by atoms with van der Waals surface area (Å²) in [5.74, 6) is 0. The number of aromatic nitrogens is 1. The Bertz CT molecular complexity index is 415. The van der Waals surface area contributed by atoms with Crippen LogP contribution in [0.4, 0.5) is 0 Å². The summed E-state index contributed by atoms with van der Waals surface area (Å²) in [5, 5.41) is 8.39. The minimum Gasteiger partial charge on any atom is -0.306 e. The molecule has 1 saturated heterocycles. The van der Waals surface area contributed by atoms with Crippen molar-refractivity contribution >= 4 is 23.1 Å². The third-order valence-electron chi connectivity index (χ3n) is 3.25. The first-order chi connectivity index (χ1) is 9.32. The summed E-state index contributed by atoms with van der Waals surface area (Å²) in [6.07, 6.45) is 0. The number of nitrogens with one attached hydrogen (secondary N) is 1. The van der Waals surface area contributed by atoms with Crippen LogP contribution in [0.25, 0.3) is 0 Å². The lowest BCUT2D eigenvalue weighted by Gasteiger charge is -2.34. The molecule has 1 aromatic heterocycles. The van der Waals surface area contributed by atoms with Crippen LogP contribution >= 0.6 is 23.1 Å². The van der Waals surface area contributed by atoms with E-state index in [9.17, 15) is 0 Å². The maximum absolute atomic E-state index is 4.77. The van der Waals surface area contributed by atoms with Crippen molar-refractivity contribution in [2.45, 2.75) is 63.7 Å². The monoisotopic (exact) mass is 313 g/mol. The van der Waals surface area contributed by atoms with Gasteiger partial charge in [0.1, 0.15) is 5.01 Å². The predicted molar refractivity (Wildman–Crippen MR) is 90.5 cm³/mol. The van der Waals surface area contributed by atoms with Crippen molar-refractivity contribution in [2.75, 3.05) is 13.1 Å². The van der Waals surface area contributed by atoms with Gasteiger partial charge in [0.2, 0.25) is 0 Å². The second kappa shape index (κ2) is 6.77. The van der Waals surface area contributed by atoms with Gasteiger partial charge in [-0.2, -0.15) is 11.8 Å². The lowest BCUT2D eigenvalue weighted by Crippen LogP contribution is -2.39. The van der Waals surface area contributed by atoms with Gasteiger partial charge in [0.25, 0.3) is 0 Å². The van der Waals surface area contributed by atoms with Crippen molar-refractivity contribution in [1.29, 1.82) is 0 Å². The molecule has 0 aromatic carbocycles. The Morgan fingerprint density at radius 1 is 1.30 bits per heavy atom. The Kier molecular flexibility index (Phi) is 5.51. The first-order valence-electron chi connectivity index (χ1n) is 7.38. The summed E-state index contributed by atoms with van der Waals surface area (Å²) < 4.78 is 0. The summed E-state index contributed by atoms with van der Waals surface area (Å²) in [5.41, 5.74) is 1.38. The number of rotatable bonds is 4. The molecule has 1 N–H and O–H groups in total. The zero-order valence-electron chi connectivity index (χ0n) is 13.3. The Balaban J connectivity index is 1.86. The molecule has 1 fully saturated rings. The molecule has 0 amide bonds. The van der Waals surface area contributed by atoms with Gasteiger partial charge in [0, 0.05) is 47.6 Å². The summed E-state index contributed by atoms with van der Waals surface area (Å²) in [4.78, 5) is 7.31. The molecule has 1 aromatic rings. The Labute approximate surface area is 131 Å². The van der Waals surface area contributed by atoms with Crippen LogP contribution < -0.4 is 5.32 Å². The molecule has 0 radical (unpaired) electrons. The van der Waals surface area contributed by atoms with Gasteiger partial charge in [-0.1, -0.05) is 13.8 Å². The van der Waals surface area contributed by atoms with Gasteiger partial charge in [-0.25, -0.2) is 4.98 Å². The second-order valence-electron chi connectivity index (χ2n) is 6.79. The smallest absolute Gasteiger partial charge is 0.107 e. The molecule has 3 nitrogen and oxygen atoms in total. The number of thiazole rings is 1. The molecular weight excluding hydrogens is 286 g/mol. The van der Waals surface area contributed by atoms with E-state index in [1.54, 1.807) is 11.3 Å². The molecule has 114 valence electrons. The topological polar surface area (TPSA) is 28.2 Å². The van der Waals surface area contributed by atoms with E-state index in [4.69, 9.17) is 4.98 Å². The van der Waals surface area contributed by atoms with E-state index in [0.717, 1.165) is 23.6 Å². The van der Waals surface area contributed by atoms with Crippen molar-refractivity contribution in [2.24, 2.45) is 0 Å². The van der Waals surface area contributed by atoms with Crippen molar-refractivity contribution in [1.82, 2.24) is 15.2 Å². The molecule has 1 aliphatic rings. The van der Waals surface area contributed by atoms with E-state index in [2.05, 4.69) is 62.0 Å². The fraction of sp³-hybridized carbons (Fsp3) is 0.800. The van der Waals surface area contributed by atoms with E-state index in [1.807, 2.05) is 0 Å². The lowest BCUT2D eigenvalue weighted by molar-refractivity contribution is 0.260. The fourth-order valence-corrected chi connectivity index (χ4v) is 4.60. The highest BCUT2D eigenvalue weighted by atomic mass is 32.2. The number of hydrogen-bond donors (Lipinski definition) is 1. The van der Waals surface area contributed by atoms with Gasteiger partial charge in [-0.05, 0) is 20.8 Å². The average molecular weight is 314 g/mol. The Morgan fingerprint density at radius 2 is 1.95 bits per heavy atom. The normalized spacial score (nSPS) is 25.1. The average Bonchev–Trinajstić information content (AvgIpc) is 2.72. The van der Waals surface area contributed by atoms with Gasteiger partial charge in [-0.15, -0.1) is 11.3 Å². The Morgan fingerprint density at radius 3 is 2.55 bits per heavy atom. The minimum absolute atomic E-state index is 0.154. The summed E-state index contributed by atoms with van der Waals surface area (Å²) in [6.45, 7) is 15.5. The molecule has 0 spiro atoms. The molecule has 2 unspecified atom stereocenters. The molecule has 1 aliphatic heterocycles. The Hall–Kier alpha value is -0.100. The van der Waals surface area contributed by atoms with E-state index >= 15 is 0 Å². The van der Waals surface area contributed by atoms with E-state index in [0.29, 0.717) is 0 Å². The standard InChI is InChI=1S/C15H27N3S2/c1-11-7-18(8-12(2)20-11)9-13-10-19-14(17-13)6-16-15(3,4)5/h10-12,16H,6-9H2,1-5H3. The van der Waals surface area contributed by atoms with Gasteiger partial charge in [-0.3, -0.25) is 4.90 Å². The van der Waals surface area contributed by atoms with Gasteiger partial charge in [0.15, 0.2) is 0 Å². The summed E-state index contributed by atoms with van der Waals surface area (Å²) >= 11 is 3.88. The van der Waals surface area contributed by atoms with Crippen molar-refractivity contribution in [3.63, 3.8) is 0 Å². The highest BCUT2D eigenvalue weighted by Gasteiger charge is 2.22. The maximum atomic E-state index is 4.77. The number of thioether (sulfide) groups is 1. The summed E-state index contributed by atoms with van der Waals surface area (Å²) in [6, 6.07) is 0. The van der Waals surface area contributed by atoms with Crippen LogP contribution in [-0.4, -0.2) is 39.0 Å². The van der Waals surface area contributed by atoms with E-state index in [-0.39, 0.29) is 5.54 Å². The zero-order valence-corrected chi connectivity index (χ0v) is 14.9.